The Labute approximate surface area is 122 Å². The van der Waals surface area contributed by atoms with E-state index in [0.717, 1.165) is 40.1 Å². The molecule has 1 amide bonds. The zero-order chi connectivity index (χ0) is 13.4. The lowest BCUT2D eigenvalue weighted by Gasteiger charge is -2.15. The first-order valence-electron chi connectivity index (χ1n) is 6.84. The van der Waals surface area contributed by atoms with Crippen molar-refractivity contribution in [2.24, 2.45) is 0 Å². The van der Waals surface area contributed by atoms with E-state index < -0.39 is 0 Å². The molecule has 1 atom stereocenters. The van der Waals surface area contributed by atoms with Gasteiger partial charge in [-0.1, -0.05) is 0 Å². The summed E-state index contributed by atoms with van der Waals surface area (Å²) < 4.78 is 0.751. The lowest BCUT2D eigenvalue weighted by atomic mass is 10.2. The molecule has 1 aliphatic heterocycles. The highest BCUT2D eigenvalue weighted by atomic mass is 32.1. The van der Waals surface area contributed by atoms with Crippen molar-refractivity contribution in [3.8, 4) is 0 Å². The number of rotatable bonds is 4. The van der Waals surface area contributed by atoms with Gasteiger partial charge in [0.05, 0.1) is 6.42 Å². The lowest BCUT2D eigenvalue weighted by Crippen LogP contribution is -2.38. The molecule has 2 N–H and O–H groups in total. The first kappa shape index (κ1) is 13.3. The minimum Gasteiger partial charge on any atom is -0.352 e. The molecule has 1 unspecified atom stereocenters. The van der Waals surface area contributed by atoms with Crippen LogP contribution in [0.4, 0.5) is 0 Å². The van der Waals surface area contributed by atoms with Gasteiger partial charge in [-0.15, -0.1) is 11.3 Å². The van der Waals surface area contributed by atoms with Crippen molar-refractivity contribution >= 4 is 29.5 Å². The molecular formula is C13H19N3OS2. The molecule has 0 aromatic carbocycles. The number of carbonyl (C=O) groups excluding carboxylic acids is 1. The van der Waals surface area contributed by atoms with Crippen LogP contribution in [0, 0.1) is 10.9 Å². The first-order valence-corrected chi connectivity index (χ1v) is 8.06. The van der Waals surface area contributed by atoms with Gasteiger partial charge in [-0.05, 0) is 38.4 Å². The number of aromatic amines is 1. The Balaban J connectivity index is 1.51. The smallest absolute Gasteiger partial charge is 0.225 e. The van der Waals surface area contributed by atoms with Crippen LogP contribution in [0.2, 0.25) is 0 Å². The van der Waals surface area contributed by atoms with E-state index in [9.17, 15) is 4.79 Å². The van der Waals surface area contributed by atoms with Crippen molar-refractivity contribution in [3.05, 3.63) is 14.5 Å². The Hall–Kier alpha value is -0.720. The van der Waals surface area contributed by atoms with Crippen molar-refractivity contribution < 1.29 is 4.79 Å². The summed E-state index contributed by atoms with van der Waals surface area (Å²) in [6, 6.07) is 1.14. The van der Waals surface area contributed by atoms with Gasteiger partial charge in [0.2, 0.25) is 5.91 Å². The summed E-state index contributed by atoms with van der Waals surface area (Å²) in [6.07, 6.45) is 4.21. The SMILES string of the molecule is Cc1[nH]c(=S)sc1CC(=O)NC1CCN(C2CC2)C1. The molecule has 1 saturated carbocycles. The summed E-state index contributed by atoms with van der Waals surface area (Å²) >= 11 is 6.60. The predicted molar refractivity (Wildman–Crippen MR) is 79.1 cm³/mol. The maximum Gasteiger partial charge on any atom is 0.225 e. The van der Waals surface area contributed by atoms with E-state index in [-0.39, 0.29) is 5.91 Å². The number of likely N-dealkylation sites (tertiary alicyclic amines) is 1. The number of aromatic nitrogens is 1. The van der Waals surface area contributed by atoms with Crippen molar-refractivity contribution in [2.45, 2.75) is 44.7 Å². The third-order valence-electron chi connectivity index (χ3n) is 3.89. The van der Waals surface area contributed by atoms with Gasteiger partial charge in [0, 0.05) is 35.7 Å². The van der Waals surface area contributed by atoms with Crippen LogP contribution in [0.15, 0.2) is 0 Å². The normalized spacial score (nSPS) is 23.7. The van der Waals surface area contributed by atoms with E-state index in [1.807, 2.05) is 6.92 Å². The van der Waals surface area contributed by atoms with Crippen LogP contribution < -0.4 is 5.32 Å². The van der Waals surface area contributed by atoms with Crippen molar-refractivity contribution in [1.29, 1.82) is 0 Å². The van der Waals surface area contributed by atoms with Crippen LogP contribution in [0.5, 0.6) is 0 Å². The molecule has 2 heterocycles. The number of H-pyrrole nitrogens is 1. The fraction of sp³-hybridized carbons (Fsp3) is 0.692. The Kier molecular flexibility index (Phi) is 3.73. The second-order valence-electron chi connectivity index (χ2n) is 5.52. The van der Waals surface area contributed by atoms with E-state index in [1.54, 1.807) is 0 Å². The second kappa shape index (κ2) is 5.34. The Bertz CT molecular complexity index is 532. The van der Waals surface area contributed by atoms with Crippen LogP contribution in [0.3, 0.4) is 0 Å². The van der Waals surface area contributed by atoms with E-state index >= 15 is 0 Å². The van der Waals surface area contributed by atoms with Gasteiger partial charge in [0.1, 0.15) is 0 Å². The molecule has 1 aromatic heterocycles. The molecular weight excluding hydrogens is 278 g/mol. The third kappa shape index (κ3) is 3.24. The van der Waals surface area contributed by atoms with Gasteiger partial charge < -0.3 is 10.3 Å². The average Bonchev–Trinajstić information content (AvgIpc) is 3.01. The molecule has 19 heavy (non-hydrogen) atoms. The number of hydrogen-bond donors (Lipinski definition) is 2. The Morgan fingerprint density at radius 1 is 1.53 bits per heavy atom. The largest absolute Gasteiger partial charge is 0.352 e. The van der Waals surface area contributed by atoms with Gasteiger partial charge in [0.15, 0.2) is 3.95 Å². The molecule has 1 aromatic rings. The monoisotopic (exact) mass is 297 g/mol. The minimum atomic E-state index is 0.121. The van der Waals surface area contributed by atoms with Gasteiger partial charge >= 0.3 is 0 Å². The number of thiazole rings is 1. The van der Waals surface area contributed by atoms with Gasteiger partial charge in [0.25, 0.3) is 0 Å². The maximum atomic E-state index is 12.1. The number of amides is 1. The van der Waals surface area contributed by atoms with E-state index in [2.05, 4.69) is 15.2 Å². The van der Waals surface area contributed by atoms with Gasteiger partial charge in [-0.3, -0.25) is 9.69 Å². The van der Waals surface area contributed by atoms with Crippen LogP contribution in [0.25, 0.3) is 0 Å². The molecule has 104 valence electrons. The van der Waals surface area contributed by atoms with Crippen molar-refractivity contribution in [3.63, 3.8) is 0 Å². The topological polar surface area (TPSA) is 48.1 Å². The minimum absolute atomic E-state index is 0.121. The summed E-state index contributed by atoms with van der Waals surface area (Å²) in [5, 5.41) is 3.15. The summed E-state index contributed by atoms with van der Waals surface area (Å²) in [7, 11) is 0. The highest BCUT2D eigenvalue weighted by molar-refractivity contribution is 7.73. The summed E-state index contributed by atoms with van der Waals surface area (Å²) in [4.78, 5) is 18.7. The van der Waals surface area contributed by atoms with Crippen molar-refractivity contribution in [2.75, 3.05) is 13.1 Å². The van der Waals surface area contributed by atoms with E-state index in [4.69, 9.17) is 12.2 Å². The zero-order valence-electron chi connectivity index (χ0n) is 11.1. The summed E-state index contributed by atoms with van der Waals surface area (Å²) in [5.41, 5.74) is 1.02. The molecule has 4 nitrogen and oxygen atoms in total. The molecule has 1 aliphatic carbocycles. The summed E-state index contributed by atoms with van der Waals surface area (Å²) in [5.74, 6) is 0.121. The van der Waals surface area contributed by atoms with E-state index in [1.165, 1.54) is 24.2 Å². The molecule has 2 fully saturated rings. The standard InChI is InChI=1S/C13H19N3OS2/c1-8-11(19-13(18)14-8)6-12(17)15-9-4-5-16(7-9)10-2-3-10/h9-10H,2-7H2,1H3,(H,14,18)(H,15,17). The van der Waals surface area contributed by atoms with Gasteiger partial charge in [-0.2, -0.15) is 0 Å². The molecule has 0 bridgehead atoms. The van der Waals surface area contributed by atoms with Crippen LogP contribution >= 0.6 is 23.6 Å². The fourth-order valence-electron chi connectivity index (χ4n) is 2.71. The molecule has 3 rings (SSSR count). The number of aryl methyl sites for hydroxylation is 1. The number of hydrogen-bond acceptors (Lipinski definition) is 4. The predicted octanol–water partition coefficient (Wildman–Crippen LogP) is 2.01. The average molecular weight is 297 g/mol. The highest BCUT2D eigenvalue weighted by Crippen LogP contribution is 2.29. The summed E-state index contributed by atoms with van der Waals surface area (Å²) in [6.45, 7) is 4.13. The fourth-order valence-corrected chi connectivity index (χ4v) is 4.00. The van der Waals surface area contributed by atoms with Crippen LogP contribution in [-0.4, -0.2) is 41.0 Å². The Morgan fingerprint density at radius 3 is 2.95 bits per heavy atom. The highest BCUT2D eigenvalue weighted by Gasteiger charge is 2.34. The first-order chi connectivity index (χ1) is 9.11. The Morgan fingerprint density at radius 2 is 2.32 bits per heavy atom. The number of carbonyl (C=O) groups is 1. The molecule has 0 radical (unpaired) electrons. The van der Waals surface area contributed by atoms with Crippen LogP contribution in [-0.2, 0) is 11.2 Å². The maximum absolute atomic E-state index is 12.1. The molecule has 2 aliphatic rings. The van der Waals surface area contributed by atoms with Crippen LogP contribution in [0.1, 0.15) is 29.8 Å². The van der Waals surface area contributed by atoms with Gasteiger partial charge in [-0.25, -0.2) is 0 Å². The lowest BCUT2D eigenvalue weighted by molar-refractivity contribution is -0.121. The number of nitrogens with zero attached hydrogens (tertiary/aromatic N) is 1. The molecule has 0 spiro atoms. The molecule has 1 saturated heterocycles. The van der Waals surface area contributed by atoms with Crippen molar-refractivity contribution in [1.82, 2.24) is 15.2 Å². The third-order valence-corrected chi connectivity index (χ3v) is 5.23. The van der Waals surface area contributed by atoms with E-state index in [0.29, 0.717) is 12.5 Å². The second-order valence-corrected chi connectivity index (χ2v) is 7.29. The number of nitrogens with one attached hydrogen (secondary N) is 2. The quantitative estimate of drug-likeness (QED) is 0.836. The zero-order valence-corrected chi connectivity index (χ0v) is 12.7. The molecule has 6 heteroatoms.